The molecule has 7 heteroatoms. The number of furan rings is 1. The third-order valence-electron chi connectivity index (χ3n) is 4.91. The summed E-state index contributed by atoms with van der Waals surface area (Å²) in [6.07, 6.45) is 7.35. The minimum Gasteiger partial charge on any atom is -0.492 e. The van der Waals surface area contributed by atoms with Gasteiger partial charge in [0.25, 0.3) is 0 Å². The van der Waals surface area contributed by atoms with E-state index in [4.69, 9.17) is 9.15 Å². The number of rotatable bonds is 9. The summed E-state index contributed by atoms with van der Waals surface area (Å²) < 4.78 is 11.2. The molecular weight excluding hydrogens is 366 g/mol. The Hall–Kier alpha value is -3.06. The van der Waals surface area contributed by atoms with Gasteiger partial charge in [0.15, 0.2) is 0 Å². The van der Waals surface area contributed by atoms with Gasteiger partial charge >= 0.3 is 0 Å². The van der Waals surface area contributed by atoms with Crippen molar-refractivity contribution in [3.05, 3.63) is 60.7 Å². The minimum atomic E-state index is 0.535. The average molecular weight is 393 g/mol. The lowest BCUT2D eigenvalue weighted by Crippen LogP contribution is -2.33. The van der Waals surface area contributed by atoms with Crippen molar-refractivity contribution in [1.82, 2.24) is 14.9 Å². The number of hydrogen-bond donors (Lipinski definition) is 2. The van der Waals surface area contributed by atoms with Gasteiger partial charge < -0.3 is 19.8 Å². The molecule has 0 unspecified atom stereocenters. The van der Waals surface area contributed by atoms with Gasteiger partial charge in [-0.05, 0) is 68.4 Å². The lowest BCUT2D eigenvalue weighted by atomic mass is 10.1. The summed E-state index contributed by atoms with van der Waals surface area (Å²) in [5.41, 5.74) is 0.913. The van der Waals surface area contributed by atoms with Gasteiger partial charge in [0, 0.05) is 18.4 Å². The number of likely N-dealkylation sites (tertiary alicyclic amines) is 1. The topological polar surface area (TPSA) is 75.5 Å². The molecule has 0 spiro atoms. The molecule has 0 bridgehead atoms. The smallest absolute Gasteiger partial charge is 0.229 e. The summed E-state index contributed by atoms with van der Waals surface area (Å²) in [4.78, 5) is 11.2. The Morgan fingerprint density at radius 3 is 2.69 bits per heavy atom. The van der Waals surface area contributed by atoms with E-state index in [9.17, 15) is 0 Å². The molecule has 0 amide bonds. The van der Waals surface area contributed by atoms with Crippen molar-refractivity contribution in [2.24, 2.45) is 0 Å². The summed E-state index contributed by atoms with van der Waals surface area (Å²) in [5.74, 6) is 3.00. The van der Waals surface area contributed by atoms with E-state index in [-0.39, 0.29) is 0 Å². The van der Waals surface area contributed by atoms with E-state index >= 15 is 0 Å². The van der Waals surface area contributed by atoms with E-state index in [1.807, 2.05) is 42.5 Å². The van der Waals surface area contributed by atoms with Crippen LogP contribution in [0.5, 0.6) is 5.75 Å². The SMILES string of the molecule is c1coc(CNc2ccnc(Nc3ccc(OCCN4CCCCC4)cc3)n2)c1. The largest absolute Gasteiger partial charge is 0.492 e. The van der Waals surface area contributed by atoms with E-state index in [0.717, 1.165) is 36.2 Å². The van der Waals surface area contributed by atoms with E-state index in [1.54, 1.807) is 12.5 Å². The number of aromatic nitrogens is 2. The molecule has 2 aromatic heterocycles. The fraction of sp³-hybridized carbons (Fsp3) is 0.364. The molecule has 1 saturated heterocycles. The Morgan fingerprint density at radius 1 is 1.03 bits per heavy atom. The Bertz CT molecular complexity index is 861. The van der Waals surface area contributed by atoms with Crippen molar-refractivity contribution in [1.29, 1.82) is 0 Å². The number of benzene rings is 1. The van der Waals surface area contributed by atoms with Crippen LogP contribution in [0.3, 0.4) is 0 Å². The highest BCUT2D eigenvalue weighted by Gasteiger charge is 2.09. The van der Waals surface area contributed by atoms with Gasteiger partial charge in [0.1, 0.15) is 23.9 Å². The Kier molecular flexibility index (Phi) is 6.60. The normalized spacial score (nSPS) is 14.5. The van der Waals surface area contributed by atoms with Crippen LogP contribution >= 0.6 is 0 Å². The van der Waals surface area contributed by atoms with Gasteiger partial charge in [-0.25, -0.2) is 4.98 Å². The number of nitrogens with one attached hydrogen (secondary N) is 2. The maximum Gasteiger partial charge on any atom is 0.229 e. The third-order valence-corrected chi connectivity index (χ3v) is 4.91. The monoisotopic (exact) mass is 393 g/mol. The molecule has 152 valence electrons. The number of anilines is 3. The number of piperidine rings is 1. The lowest BCUT2D eigenvalue weighted by molar-refractivity contribution is 0.183. The van der Waals surface area contributed by atoms with Crippen LogP contribution in [0.4, 0.5) is 17.5 Å². The van der Waals surface area contributed by atoms with E-state index in [2.05, 4.69) is 25.5 Å². The van der Waals surface area contributed by atoms with Gasteiger partial charge in [-0.2, -0.15) is 4.98 Å². The molecule has 2 N–H and O–H groups in total. The van der Waals surface area contributed by atoms with Crippen LogP contribution in [0.2, 0.25) is 0 Å². The molecule has 7 nitrogen and oxygen atoms in total. The number of nitrogens with zero attached hydrogens (tertiary/aromatic N) is 3. The molecule has 0 saturated carbocycles. The van der Waals surface area contributed by atoms with Gasteiger partial charge in [0.05, 0.1) is 12.8 Å². The second-order valence-corrected chi connectivity index (χ2v) is 7.10. The number of ether oxygens (including phenoxy) is 1. The van der Waals surface area contributed by atoms with Crippen molar-refractivity contribution >= 4 is 17.5 Å². The van der Waals surface area contributed by atoms with E-state index in [1.165, 1.54) is 32.4 Å². The van der Waals surface area contributed by atoms with Crippen LogP contribution in [0.15, 0.2) is 59.3 Å². The van der Waals surface area contributed by atoms with Crippen LogP contribution in [-0.2, 0) is 6.54 Å². The summed E-state index contributed by atoms with van der Waals surface area (Å²) in [6.45, 7) is 4.68. The van der Waals surface area contributed by atoms with Crippen molar-refractivity contribution < 1.29 is 9.15 Å². The minimum absolute atomic E-state index is 0.535. The average Bonchev–Trinajstić information content (AvgIpc) is 3.28. The molecule has 0 aliphatic carbocycles. The highest BCUT2D eigenvalue weighted by molar-refractivity contribution is 5.55. The summed E-state index contributed by atoms with van der Waals surface area (Å²) in [6, 6.07) is 13.5. The first kappa shape index (κ1) is 19.3. The molecule has 3 heterocycles. The second kappa shape index (κ2) is 9.93. The maximum atomic E-state index is 5.88. The molecule has 1 aliphatic rings. The van der Waals surface area contributed by atoms with Gasteiger partial charge in [-0.15, -0.1) is 0 Å². The highest BCUT2D eigenvalue weighted by Crippen LogP contribution is 2.19. The maximum absolute atomic E-state index is 5.88. The third kappa shape index (κ3) is 5.96. The molecule has 3 aromatic rings. The fourth-order valence-corrected chi connectivity index (χ4v) is 3.35. The quantitative estimate of drug-likeness (QED) is 0.562. The van der Waals surface area contributed by atoms with E-state index < -0.39 is 0 Å². The number of hydrogen-bond acceptors (Lipinski definition) is 7. The zero-order chi connectivity index (χ0) is 19.7. The van der Waals surface area contributed by atoms with Gasteiger partial charge in [0.2, 0.25) is 5.95 Å². The Balaban J connectivity index is 1.25. The zero-order valence-corrected chi connectivity index (χ0v) is 16.5. The predicted molar refractivity (Wildman–Crippen MR) is 114 cm³/mol. The fourth-order valence-electron chi connectivity index (χ4n) is 3.35. The van der Waals surface area contributed by atoms with Crippen LogP contribution in [0.25, 0.3) is 0 Å². The zero-order valence-electron chi connectivity index (χ0n) is 16.5. The first-order valence-corrected chi connectivity index (χ1v) is 10.2. The molecule has 1 fully saturated rings. The molecular formula is C22H27N5O2. The van der Waals surface area contributed by atoms with Crippen molar-refractivity contribution in [3.63, 3.8) is 0 Å². The summed E-state index contributed by atoms with van der Waals surface area (Å²) in [5, 5.41) is 6.45. The molecule has 0 atom stereocenters. The standard InChI is InChI=1S/C22H27N5O2/c1-2-12-27(13-3-1)14-16-29-19-8-6-18(7-9-19)25-22-23-11-10-21(26-22)24-17-20-5-4-15-28-20/h4-11,15H,1-3,12-14,16-17H2,(H2,23,24,25,26). The molecule has 29 heavy (non-hydrogen) atoms. The van der Waals surface area contributed by atoms with Gasteiger partial charge in [-0.3, -0.25) is 4.90 Å². The second-order valence-electron chi connectivity index (χ2n) is 7.10. The molecule has 1 aromatic carbocycles. The highest BCUT2D eigenvalue weighted by atomic mass is 16.5. The first-order valence-electron chi connectivity index (χ1n) is 10.2. The Morgan fingerprint density at radius 2 is 1.90 bits per heavy atom. The van der Waals surface area contributed by atoms with Crippen LogP contribution < -0.4 is 15.4 Å². The van der Waals surface area contributed by atoms with Crippen LogP contribution in [-0.4, -0.2) is 41.1 Å². The molecule has 1 aliphatic heterocycles. The van der Waals surface area contributed by atoms with Crippen molar-refractivity contribution in [2.45, 2.75) is 25.8 Å². The van der Waals surface area contributed by atoms with Gasteiger partial charge in [-0.1, -0.05) is 6.42 Å². The van der Waals surface area contributed by atoms with Crippen LogP contribution in [0, 0.1) is 0 Å². The molecule has 0 radical (unpaired) electrons. The van der Waals surface area contributed by atoms with Crippen LogP contribution in [0.1, 0.15) is 25.0 Å². The first-order chi connectivity index (χ1) is 14.3. The van der Waals surface area contributed by atoms with Crippen molar-refractivity contribution in [3.8, 4) is 5.75 Å². The summed E-state index contributed by atoms with van der Waals surface area (Å²) in [7, 11) is 0. The lowest BCUT2D eigenvalue weighted by Gasteiger charge is -2.26. The Labute approximate surface area is 171 Å². The summed E-state index contributed by atoms with van der Waals surface area (Å²) >= 11 is 0. The predicted octanol–water partition coefficient (Wildman–Crippen LogP) is 4.29. The van der Waals surface area contributed by atoms with E-state index in [0.29, 0.717) is 12.5 Å². The molecule has 4 rings (SSSR count). The van der Waals surface area contributed by atoms with Crippen molar-refractivity contribution in [2.75, 3.05) is 36.9 Å².